The third kappa shape index (κ3) is 1.70. The summed E-state index contributed by atoms with van der Waals surface area (Å²) in [6, 6.07) is 5.21. The summed E-state index contributed by atoms with van der Waals surface area (Å²) in [5, 5.41) is 0.926. The van der Waals surface area contributed by atoms with Gasteiger partial charge in [0.15, 0.2) is 5.52 Å². The first-order valence-corrected chi connectivity index (χ1v) is 5.23. The van der Waals surface area contributed by atoms with Gasteiger partial charge in [-0.15, -0.1) is 4.98 Å². The molecule has 0 atom stereocenters. The molecule has 0 spiro atoms. The molecular formula is C12H5IN2. The first-order chi connectivity index (χ1) is 7.13. The molecule has 0 aliphatic carbocycles. The van der Waals surface area contributed by atoms with Crippen molar-refractivity contribution in [1.82, 2.24) is 4.98 Å². The maximum Gasteiger partial charge on any atom is 0.270 e. The lowest BCUT2D eigenvalue weighted by molar-refractivity contribution is 1.41. The van der Waals surface area contributed by atoms with Crippen molar-refractivity contribution in [3.8, 4) is 0 Å². The van der Waals surface area contributed by atoms with Crippen LogP contribution in [-0.4, -0.2) is 4.98 Å². The third-order valence-electron chi connectivity index (χ3n) is 2.10. The predicted octanol–water partition coefficient (Wildman–Crippen LogP) is 3.51. The topological polar surface area (TPSA) is 17.2 Å². The molecule has 0 aliphatic heterocycles. The molecule has 0 unspecified atom stereocenters. The number of hydrogen-bond donors (Lipinski definition) is 0. The van der Waals surface area contributed by atoms with Gasteiger partial charge in [-0.2, -0.15) is 0 Å². The van der Waals surface area contributed by atoms with E-state index < -0.39 is 0 Å². The maximum atomic E-state index is 6.87. The average molecular weight is 304 g/mol. The molecule has 0 saturated heterocycles. The molecule has 0 N–H and O–H groups in total. The fourth-order valence-corrected chi connectivity index (χ4v) is 2.09. The number of pyridine rings is 1. The minimum absolute atomic E-state index is 0.363. The monoisotopic (exact) mass is 304 g/mol. The summed E-state index contributed by atoms with van der Waals surface area (Å²) in [6.07, 6.45) is 0. The Labute approximate surface area is 102 Å². The normalized spacial score (nSPS) is 10.3. The molecule has 70 valence electrons. The van der Waals surface area contributed by atoms with Crippen LogP contribution >= 0.6 is 22.6 Å². The zero-order valence-electron chi connectivity index (χ0n) is 7.66. The van der Waals surface area contributed by atoms with Crippen LogP contribution in [0.15, 0.2) is 18.2 Å². The molecule has 0 bridgehead atoms. The Morgan fingerprint density at radius 3 is 2.73 bits per heavy atom. The highest BCUT2D eigenvalue weighted by atomic mass is 127. The van der Waals surface area contributed by atoms with Crippen LogP contribution in [0, 0.1) is 24.0 Å². The van der Waals surface area contributed by atoms with E-state index in [1.807, 2.05) is 6.07 Å². The van der Waals surface area contributed by atoms with E-state index in [4.69, 9.17) is 20.4 Å². The van der Waals surface area contributed by atoms with Gasteiger partial charge in [-0.3, -0.25) is 0 Å². The predicted molar refractivity (Wildman–Crippen MR) is 67.5 cm³/mol. The summed E-state index contributed by atoms with van der Waals surface area (Å²) in [4.78, 5) is 7.43. The molecule has 0 amide bonds. The van der Waals surface area contributed by atoms with E-state index in [9.17, 15) is 0 Å². The second-order valence-corrected chi connectivity index (χ2v) is 4.12. The Hall–Kier alpha value is -1.15. The van der Waals surface area contributed by atoms with Gasteiger partial charge < -0.3 is 4.85 Å². The van der Waals surface area contributed by atoms with Crippen molar-refractivity contribution in [2.24, 2.45) is 0 Å². The average Bonchev–Trinajstić information content (AvgIpc) is 2.25. The number of aromatic nitrogens is 1. The third-order valence-corrected chi connectivity index (χ3v) is 3.26. The molecule has 4 radical (unpaired) electrons. The van der Waals surface area contributed by atoms with E-state index >= 15 is 0 Å². The summed E-state index contributed by atoms with van der Waals surface area (Å²) in [5.41, 5.74) is 1.78. The largest absolute Gasteiger partial charge is 0.361 e. The molecule has 15 heavy (non-hydrogen) atoms. The molecule has 2 nitrogen and oxygen atoms in total. The summed E-state index contributed by atoms with van der Waals surface area (Å²) in [5.74, 6) is 0.363. The maximum absolute atomic E-state index is 6.87. The second kappa shape index (κ2) is 3.78. The Bertz CT molecular complexity index is 582. The van der Waals surface area contributed by atoms with Crippen molar-refractivity contribution >= 4 is 39.3 Å². The van der Waals surface area contributed by atoms with Crippen LogP contribution in [0.25, 0.3) is 15.7 Å². The molecule has 0 saturated carbocycles. The summed E-state index contributed by atoms with van der Waals surface area (Å²) < 4.78 is 0.881. The van der Waals surface area contributed by atoms with Gasteiger partial charge in [0, 0.05) is 15.9 Å². The zero-order chi connectivity index (χ0) is 11.0. The highest BCUT2D eigenvalue weighted by Crippen LogP contribution is 2.27. The van der Waals surface area contributed by atoms with E-state index in [2.05, 4.69) is 32.4 Å². The van der Waals surface area contributed by atoms with Gasteiger partial charge in [0.1, 0.15) is 0 Å². The Morgan fingerprint density at radius 1 is 1.33 bits per heavy atom. The van der Waals surface area contributed by atoms with Crippen LogP contribution in [0.4, 0.5) is 5.82 Å². The number of hydrogen-bond acceptors (Lipinski definition) is 1. The van der Waals surface area contributed by atoms with Crippen LogP contribution in [0.3, 0.4) is 0 Å². The molecular weight excluding hydrogens is 299 g/mol. The van der Waals surface area contributed by atoms with Crippen molar-refractivity contribution in [2.45, 2.75) is 0 Å². The van der Waals surface area contributed by atoms with Crippen LogP contribution in [0.1, 0.15) is 11.1 Å². The molecule has 0 fully saturated rings. The first kappa shape index (κ1) is 10.4. The summed E-state index contributed by atoms with van der Waals surface area (Å²) in [7, 11) is 0. The summed E-state index contributed by atoms with van der Waals surface area (Å²) >= 11 is 2.13. The highest BCUT2D eigenvalue weighted by molar-refractivity contribution is 14.1. The van der Waals surface area contributed by atoms with Gasteiger partial charge in [-0.25, -0.2) is 0 Å². The first-order valence-electron chi connectivity index (χ1n) is 4.15. The fraction of sp³-hybridized carbons (Fsp3) is 0. The molecule has 2 aromatic rings. The van der Waals surface area contributed by atoms with Crippen molar-refractivity contribution in [1.29, 1.82) is 0 Å². The molecule has 1 aromatic heterocycles. The Kier molecular flexibility index (Phi) is 2.61. The van der Waals surface area contributed by atoms with Gasteiger partial charge in [0.05, 0.1) is 0 Å². The smallest absolute Gasteiger partial charge is 0.270 e. The minimum Gasteiger partial charge on any atom is -0.361 e. The Balaban J connectivity index is 2.87. The van der Waals surface area contributed by atoms with Crippen molar-refractivity contribution in [3.05, 3.63) is 58.2 Å². The quantitative estimate of drug-likeness (QED) is 0.538. The van der Waals surface area contributed by atoms with Crippen molar-refractivity contribution in [2.75, 3.05) is 0 Å². The molecule has 3 heteroatoms. The lowest BCUT2D eigenvalue weighted by Crippen LogP contribution is -1.90. The van der Waals surface area contributed by atoms with Gasteiger partial charge in [-0.1, -0.05) is 12.6 Å². The van der Waals surface area contributed by atoms with E-state index in [0.717, 1.165) is 8.96 Å². The van der Waals surface area contributed by atoms with Crippen LogP contribution in [0.2, 0.25) is 0 Å². The Morgan fingerprint density at radius 2 is 2.07 bits per heavy atom. The number of rotatable bonds is 0. The van der Waals surface area contributed by atoms with Crippen molar-refractivity contribution in [3.63, 3.8) is 0 Å². The molecule has 1 heterocycles. The lowest BCUT2D eigenvalue weighted by atomic mass is 10.1. The van der Waals surface area contributed by atoms with E-state index in [0.29, 0.717) is 22.5 Å². The van der Waals surface area contributed by atoms with E-state index in [1.165, 1.54) is 0 Å². The standard InChI is InChI=1S/C12H5IN2/c1-7-6-10-9(12(13)8(7)2)4-5-11(14-3)15-10/h1-2,4-6H. The van der Waals surface area contributed by atoms with E-state index in [-0.39, 0.29) is 0 Å². The number of fused-ring (bicyclic) bond motifs is 1. The highest BCUT2D eigenvalue weighted by Gasteiger charge is 2.09. The number of benzene rings is 1. The van der Waals surface area contributed by atoms with Gasteiger partial charge in [0.2, 0.25) is 0 Å². The van der Waals surface area contributed by atoms with Gasteiger partial charge in [-0.05, 0) is 52.8 Å². The van der Waals surface area contributed by atoms with Gasteiger partial charge >= 0.3 is 0 Å². The summed E-state index contributed by atoms with van der Waals surface area (Å²) in [6.45, 7) is 18.4. The number of halogens is 1. The van der Waals surface area contributed by atoms with Crippen LogP contribution in [0.5, 0.6) is 0 Å². The van der Waals surface area contributed by atoms with Crippen molar-refractivity contribution < 1.29 is 0 Å². The van der Waals surface area contributed by atoms with E-state index in [1.54, 1.807) is 12.1 Å². The molecule has 1 aromatic carbocycles. The zero-order valence-corrected chi connectivity index (χ0v) is 9.82. The van der Waals surface area contributed by atoms with Crippen LogP contribution < -0.4 is 0 Å². The SMILES string of the molecule is [C-]#[N+]c1ccc2c(I)c([CH])c([CH])cc2n1. The number of nitrogens with zero attached hydrogens (tertiary/aromatic N) is 2. The molecule has 0 aliphatic rings. The molecule has 2 rings (SSSR count). The lowest BCUT2D eigenvalue weighted by Gasteiger charge is -2.04. The fourth-order valence-electron chi connectivity index (χ4n) is 1.32. The second-order valence-electron chi connectivity index (χ2n) is 3.04. The van der Waals surface area contributed by atoms with Gasteiger partial charge in [0.25, 0.3) is 5.82 Å². The minimum atomic E-state index is 0.363. The van der Waals surface area contributed by atoms with Crippen LogP contribution in [-0.2, 0) is 0 Å².